The van der Waals surface area contributed by atoms with Crippen LogP contribution in [0.3, 0.4) is 0 Å². The van der Waals surface area contributed by atoms with E-state index in [1.807, 2.05) is 13.8 Å². The molecule has 4 nitrogen and oxygen atoms in total. The zero-order valence-corrected chi connectivity index (χ0v) is 13.4. The lowest BCUT2D eigenvalue weighted by molar-refractivity contribution is 0.407. The summed E-state index contributed by atoms with van der Waals surface area (Å²) in [5.41, 5.74) is 0.629. The third-order valence-corrected chi connectivity index (χ3v) is 5.95. The molecule has 2 rings (SSSR count). The summed E-state index contributed by atoms with van der Waals surface area (Å²) in [6.07, 6.45) is 2.68. The van der Waals surface area contributed by atoms with E-state index in [0.717, 1.165) is 31.9 Å². The van der Waals surface area contributed by atoms with Crippen molar-refractivity contribution in [3.63, 3.8) is 0 Å². The maximum atomic E-state index is 13.5. The summed E-state index contributed by atoms with van der Waals surface area (Å²) in [5.74, 6) is -0.514. The number of nitrogens with one attached hydrogen (secondary N) is 1. The molecule has 1 atom stereocenters. The summed E-state index contributed by atoms with van der Waals surface area (Å²) in [6, 6.07) is 4.00. The second-order valence-corrected chi connectivity index (χ2v) is 7.39. The molecular formula is C15H23FN2O2S. The van der Waals surface area contributed by atoms with Crippen molar-refractivity contribution in [2.45, 2.75) is 50.6 Å². The zero-order valence-electron chi connectivity index (χ0n) is 12.6. The van der Waals surface area contributed by atoms with Crippen LogP contribution in [0.2, 0.25) is 0 Å². The molecule has 0 aromatic heterocycles. The number of hydrogen-bond acceptors (Lipinski definition) is 3. The lowest BCUT2D eigenvalue weighted by Crippen LogP contribution is -2.34. The third kappa shape index (κ3) is 3.62. The van der Waals surface area contributed by atoms with Crippen LogP contribution in [0.1, 0.15) is 38.7 Å². The van der Waals surface area contributed by atoms with Gasteiger partial charge in [-0.15, -0.1) is 0 Å². The highest BCUT2D eigenvalue weighted by atomic mass is 32.2. The fourth-order valence-corrected chi connectivity index (χ4v) is 4.64. The van der Waals surface area contributed by atoms with Gasteiger partial charge in [-0.1, -0.05) is 13.0 Å². The monoisotopic (exact) mass is 314 g/mol. The summed E-state index contributed by atoms with van der Waals surface area (Å²) in [5, 5.41) is 3.18. The van der Waals surface area contributed by atoms with Gasteiger partial charge in [0.1, 0.15) is 5.82 Å². The lowest BCUT2D eigenvalue weighted by Gasteiger charge is -2.22. The SMILES string of the molecule is CCCNCc1ccc(F)cc1S(=O)(=O)N1CCCC1C. The third-order valence-electron chi connectivity index (χ3n) is 3.85. The minimum absolute atomic E-state index is 0.0188. The molecule has 118 valence electrons. The molecule has 1 aliphatic rings. The number of sulfonamides is 1. The zero-order chi connectivity index (χ0) is 15.5. The first-order valence-electron chi connectivity index (χ1n) is 7.47. The van der Waals surface area contributed by atoms with Crippen molar-refractivity contribution < 1.29 is 12.8 Å². The highest BCUT2D eigenvalue weighted by molar-refractivity contribution is 7.89. The van der Waals surface area contributed by atoms with Crippen LogP contribution >= 0.6 is 0 Å². The average molecular weight is 314 g/mol. The minimum Gasteiger partial charge on any atom is -0.313 e. The molecule has 1 aliphatic heterocycles. The Balaban J connectivity index is 2.34. The molecule has 21 heavy (non-hydrogen) atoms. The van der Waals surface area contributed by atoms with Crippen LogP contribution < -0.4 is 5.32 Å². The molecule has 1 saturated heterocycles. The summed E-state index contributed by atoms with van der Waals surface area (Å²) in [4.78, 5) is 0.0971. The van der Waals surface area contributed by atoms with Crippen LogP contribution in [-0.2, 0) is 16.6 Å². The van der Waals surface area contributed by atoms with Gasteiger partial charge < -0.3 is 5.32 Å². The molecule has 0 amide bonds. The van der Waals surface area contributed by atoms with Crippen LogP contribution in [0.5, 0.6) is 0 Å². The summed E-state index contributed by atoms with van der Waals surface area (Å²) in [7, 11) is -3.62. The summed E-state index contributed by atoms with van der Waals surface area (Å²) >= 11 is 0. The van der Waals surface area contributed by atoms with Gasteiger partial charge in [-0.2, -0.15) is 4.31 Å². The van der Waals surface area contributed by atoms with Crippen LogP contribution in [-0.4, -0.2) is 31.9 Å². The van der Waals surface area contributed by atoms with E-state index in [9.17, 15) is 12.8 Å². The van der Waals surface area contributed by atoms with E-state index in [-0.39, 0.29) is 10.9 Å². The molecule has 0 radical (unpaired) electrons. The molecule has 1 fully saturated rings. The fourth-order valence-electron chi connectivity index (χ4n) is 2.70. The predicted molar refractivity (Wildman–Crippen MR) is 81.0 cm³/mol. The molecule has 0 spiro atoms. The van der Waals surface area contributed by atoms with E-state index in [2.05, 4.69) is 5.32 Å². The first-order chi connectivity index (χ1) is 9.96. The van der Waals surface area contributed by atoms with Crippen LogP contribution in [0.15, 0.2) is 23.1 Å². The molecular weight excluding hydrogens is 291 g/mol. The first kappa shape index (κ1) is 16.4. The van der Waals surface area contributed by atoms with Gasteiger partial charge >= 0.3 is 0 Å². The van der Waals surface area contributed by atoms with Gasteiger partial charge in [0.15, 0.2) is 0 Å². The number of hydrogen-bond donors (Lipinski definition) is 1. The van der Waals surface area contributed by atoms with E-state index in [1.54, 1.807) is 6.07 Å². The number of rotatable bonds is 6. The Kier molecular flexibility index (Phi) is 5.35. The van der Waals surface area contributed by atoms with Crippen molar-refractivity contribution >= 4 is 10.0 Å². The van der Waals surface area contributed by atoms with Gasteiger partial charge in [0, 0.05) is 19.1 Å². The van der Waals surface area contributed by atoms with Crippen molar-refractivity contribution in [1.29, 1.82) is 0 Å². The van der Waals surface area contributed by atoms with Crippen molar-refractivity contribution in [3.8, 4) is 0 Å². The van der Waals surface area contributed by atoms with Crippen molar-refractivity contribution in [2.75, 3.05) is 13.1 Å². The van der Waals surface area contributed by atoms with Gasteiger partial charge in [0.05, 0.1) is 4.90 Å². The summed E-state index contributed by atoms with van der Waals surface area (Å²) in [6.45, 7) is 5.70. The Hall–Kier alpha value is -0.980. The van der Waals surface area contributed by atoms with Crippen LogP contribution in [0.25, 0.3) is 0 Å². The molecule has 6 heteroatoms. The van der Waals surface area contributed by atoms with Crippen molar-refractivity contribution in [3.05, 3.63) is 29.6 Å². The Morgan fingerprint density at radius 2 is 2.19 bits per heavy atom. The van der Waals surface area contributed by atoms with Gasteiger partial charge in [-0.3, -0.25) is 0 Å². The molecule has 0 saturated carbocycles. The van der Waals surface area contributed by atoms with Crippen molar-refractivity contribution in [1.82, 2.24) is 9.62 Å². The molecule has 1 N–H and O–H groups in total. The second kappa shape index (κ2) is 6.85. The van der Waals surface area contributed by atoms with E-state index in [0.29, 0.717) is 18.7 Å². The Bertz CT molecular complexity index is 589. The Morgan fingerprint density at radius 1 is 1.43 bits per heavy atom. The molecule has 1 aromatic carbocycles. The highest BCUT2D eigenvalue weighted by Gasteiger charge is 2.34. The van der Waals surface area contributed by atoms with E-state index >= 15 is 0 Å². The number of benzene rings is 1. The maximum Gasteiger partial charge on any atom is 0.243 e. The Morgan fingerprint density at radius 3 is 2.81 bits per heavy atom. The van der Waals surface area contributed by atoms with Gasteiger partial charge in [0.2, 0.25) is 10.0 Å². The lowest BCUT2D eigenvalue weighted by atomic mass is 10.2. The molecule has 0 bridgehead atoms. The average Bonchev–Trinajstić information content (AvgIpc) is 2.87. The topological polar surface area (TPSA) is 49.4 Å². The molecule has 1 unspecified atom stereocenters. The predicted octanol–water partition coefficient (Wildman–Crippen LogP) is 2.50. The molecule has 1 aromatic rings. The fraction of sp³-hybridized carbons (Fsp3) is 0.600. The minimum atomic E-state index is -3.62. The van der Waals surface area contributed by atoms with Gasteiger partial charge in [-0.05, 0) is 50.4 Å². The normalized spacial score (nSPS) is 20.0. The summed E-state index contributed by atoms with van der Waals surface area (Å²) < 4.78 is 40.6. The van der Waals surface area contributed by atoms with E-state index in [1.165, 1.54) is 10.4 Å². The second-order valence-electron chi connectivity index (χ2n) is 5.54. The molecule has 0 aliphatic carbocycles. The first-order valence-corrected chi connectivity index (χ1v) is 8.91. The molecule has 1 heterocycles. The van der Waals surface area contributed by atoms with E-state index in [4.69, 9.17) is 0 Å². The maximum absolute atomic E-state index is 13.5. The van der Waals surface area contributed by atoms with Gasteiger partial charge in [0.25, 0.3) is 0 Å². The standard InChI is InChI=1S/C15H23FN2O2S/c1-3-8-17-11-13-6-7-14(16)10-15(13)21(19,20)18-9-4-5-12(18)2/h6-7,10,12,17H,3-5,8-9,11H2,1-2H3. The number of nitrogens with zero attached hydrogens (tertiary/aromatic N) is 1. The largest absolute Gasteiger partial charge is 0.313 e. The van der Waals surface area contributed by atoms with Crippen LogP contribution in [0, 0.1) is 5.82 Å². The smallest absolute Gasteiger partial charge is 0.243 e. The highest BCUT2D eigenvalue weighted by Crippen LogP contribution is 2.28. The number of halogens is 1. The van der Waals surface area contributed by atoms with Crippen LogP contribution in [0.4, 0.5) is 4.39 Å². The van der Waals surface area contributed by atoms with Gasteiger partial charge in [-0.25, -0.2) is 12.8 Å². The quantitative estimate of drug-likeness (QED) is 0.821. The van der Waals surface area contributed by atoms with Crippen molar-refractivity contribution in [2.24, 2.45) is 0 Å². The van der Waals surface area contributed by atoms with E-state index < -0.39 is 15.8 Å². The Labute approximate surface area is 126 Å².